The Kier molecular flexibility index (Phi) is 4.02. The number of aromatic nitrogens is 3. The molecule has 0 aliphatic heterocycles. The lowest BCUT2D eigenvalue weighted by atomic mass is 10.1. The van der Waals surface area contributed by atoms with Crippen molar-refractivity contribution in [3.05, 3.63) is 66.1 Å². The van der Waals surface area contributed by atoms with Crippen molar-refractivity contribution >= 4 is 39.7 Å². The van der Waals surface area contributed by atoms with E-state index in [1.165, 1.54) is 6.33 Å². The van der Waals surface area contributed by atoms with Gasteiger partial charge < -0.3 is 16.2 Å². The lowest BCUT2D eigenvalue weighted by molar-refractivity contribution is 0.475. The Morgan fingerprint density at radius 2 is 1.77 bits per heavy atom. The molecule has 4 N–H and O–H groups in total. The molecule has 2 heterocycles. The van der Waals surface area contributed by atoms with Crippen molar-refractivity contribution in [2.24, 2.45) is 0 Å². The van der Waals surface area contributed by atoms with Crippen LogP contribution in [0.5, 0.6) is 5.75 Å². The molecule has 2 aromatic heterocycles. The average molecular weight is 364 g/mol. The Morgan fingerprint density at radius 3 is 2.58 bits per heavy atom. The number of nitrogen functional groups attached to an aromatic ring is 1. The van der Waals surface area contributed by atoms with Gasteiger partial charge in [-0.05, 0) is 41.8 Å². The molecule has 0 aliphatic rings. The maximum absolute atomic E-state index is 10.6. The summed E-state index contributed by atoms with van der Waals surface area (Å²) in [4.78, 5) is 12.4. The molecule has 128 valence electrons. The van der Waals surface area contributed by atoms with Gasteiger partial charge in [0.1, 0.15) is 17.8 Å². The van der Waals surface area contributed by atoms with Gasteiger partial charge in [-0.3, -0.25) is 0 Å². The summed E-state index contributed by atoms with van der Waals surface area (Å²) in [5.41, 5.74) is 7.81. The molecule has 0 spiro atoms. The zero-order valence-electron chi connectivity index (χ0n) is 13.5. The molecule has 6 nitrogen and oxygen atoms in total. The first-order valence-corrected chi connectivity index (χ1v) is 8.21. The third-order valence-corrected chi connectivity index (χ3v) is 4.25. The molecule has 0 atom stereocenters. The first kappa shape index (κ1) is 16.1. The molecule has 26 heavy (non-hydrogen) atoms. The fourth-order valence-corrected chi connectivity index (χ4v) is 2.83. The van der Waals surface area contributed by atoms with Crippen molar-refractivity contribution in [1.29, 1.82) is 0 Å². The van der Waals surface area contributed by atoms with Gasteiger partial charge >= 0.3 is 0 Å². The SMILES string of the molecule is Nc1nccc2cc(Nc3ncnc(-c4ccc(Cl)cc4)c3O)ccc12. The van der Waals surface area contributed by atoms with Crippen molar-refractivity contribution in [3.63, 3.8) is 0 Å². The molecule has 0 unspecified atom stereocenters. The van der Waals surface area contributed by atoms with Crippen molar-refractivity contribution in [3.8, 4) is 17.0 Å². The number of halogens is 1. The molecule has 0 saturated heterocycles. The first-order valence-electron chi connectivity index (χ1n) is 7.83. The number of nitrogens with one attached hydrogen (secondary N) is 1. The van der Waals surface area contributed by atoms with E-state index in [0.29, 0.717) is 22.4 Å². The predicted octanol–water partition coefficient (Wildman–Crippen LogP) is 4.38. The number of benzene rings is 2. The van der Waals surface area contributed by atoms with Gasteiger partial charge in [0.15, 0.2) is 11.6 Å². The summed E-state index contributed by atoms with van der Waals surface area (Å²) in [6, 6.07) is 14.6. The third-order valence-electron chi connectivity index (χ3n) is 4.00. The van der Waals surface area contributed by atoms with Crippen LogP contribution in [0.2, 0.25) is 5.02 Å². The lowest BCUT2D eigenvalue weighted by Crippen LogP contribution is -1.97. The van der Waals surface area contributed by atoms with Crippen molar-refractivity contribution in [2.75, 3.05) is 11.1 Å². The number of hydrogen-bond acceptors (Lipinski definition) is 6. The van der Waals surface area contributed by atoms with Crippen LogP contribution in [0.4, 0.5) is 17.3 Å². The lowest BCUT2D eigenvalue weighted by Gasteiger charge is -2.11. The number of hydrogen-bond donors (Lipinski definition) is 3. The molecule has 4 rings (SSSR count). The maximum Gasteiger partial charge on any atom is 0.185 e. The number of aromatic hydroxyl groups is 1. The second-order valence-electron chi connectivity index (χ2n) is 5.68. The summed E-state index contributed by atoms with van der Waals surface area (Å²) in [6.07, 6.45) is 3.05. The number of rotatable bonds is 3. The van der Waals surface area contributed by atoms with Gasteiger partial charge in [0.05, 0.1) is 0 Å². The Hall–Kier alpha value is -3.38. The highest BCUT2D eigenvalue weighted by molar-refractivity contribution is 6.30. The predicted molar refractivity (Wildman–Crippen MR) is 104 cm³/mol. The van der Waals surface area contributed by atoms with Crippen LogP contribution in [-0.4, -0.2) is 20.1 Å². The first-order chi connectivity index (χ1) is 12.6. The molecule has 0 saturated carbocycles. The third kappa shape index (κ3) is 2.98. The summed E-state index contributed by atoms with van der Waals surface area (Å²) < 4.78 is 0. The molecule has 0 aliphatic carbocycles. The van der Waals surface area contributed by atoms with E-state index in [1.807, 2.05) is 24.3 Å². The second-order valence-corrected chi connectivity index (χ2v) is 6.12. The smallest absolute Gasteiger partial charge is 0.185 e. The largest absolute Gasteiger partial charge is 0.503 e. The van der Waals surface area contributed by atoms with Gasteiger partial charge in [-0.25, -0.2) is 15.0 Å². The van der Waals surface area contributed by atoms with Gasteiger partial charge in [0.25, 0.3) is 0 Å². The average Bonchev–Trinajstić information content (AvgIpc) is 2.64. The normalized spacial score (nSPS) is 10.8. The van der Waals surface area contributed by atoms with Gasteiger partial charge in [0.2, 0.25) is 0 Å². The minimum Gasteiger partial charge on any atom is -0.503 e. The summed E-state index contributed by atoms with van der Waals surface area (Å²) >= 11 is 5.92. The minimum atomic E-state index is -0.0378. The highest BCUT2D eigenvalue weighted by atomic mass is 35.5. The highest BCUT2D eigenvalue weighted by Gasteiger charge is 2.12. The molecule has 2 aromatic carbocycles. The van der Waals surface area contributed by atoms with Crippen LogP contribution in [0.25, 0.3) is 22.0 Å². The molecule has 0 bridgehead atoms. The molecular weight excluding hydrogens is 350 g/mol. The zero-order chi connectivity index (χ0) is 18.1. The molecular formula is C19H14ClN5O. The standard InChI is InChI=1S/C19H14ClN5O/c20-13-3-1-11(2-4-13)16-17(26)19(24-10-23-16)25-14-5-6-15-12(9-14)7-8-22-18(15)21/h1-10,26H,(H2,21,22)(H,23,24,25). The summed E-state index contributed by atoms with van der Waals surface area (Å²) in [7, 11) is 0. The van der Waals surface area contributed by atoms with Crippen LogP contribution in [0.1, 0.15) is 0 Å². The summed E-state index contributed by atoms with van der Waals surface area (Å²) in [5.74, 6) is 0.749. The van der Waals surface area contributed by atoms with Crippen LogP contribution in [0.3, 0.4) is 0 Å². The second kappa shape index (κ2) is 6.50. The van der Waals surface area contributed by atoms with E-state index in [0.717, 1.165) is 22.0 Å². The van der Waals surface area contributed by atoms with Crippen LogP contribution >= 0.6 is 11.6 Å². The minimum absolute atomic E-state index is 0.0378. The van der Waals surface area contributed by atoms with Gasteiger partial charge in [-0.2, -0.15) is 0 Å². The Balaban J connectivity index is 1.71. The molecule has 0 amide bonds. The quantitative estimate of drug-likeness (QED) is 0.500. The zero-order valence-corrected chi connectivity index (χ0v) is 14.3. The van der Waals surface area contributed by atoms with Crippen molar-refractivity contribution in [1.82, 2.24) is 15.0 Å². The Labute approximate surface area is 154 Å². The monoisotopic (exact) mass is 363 g/mol. The van der Waals surface area contributed by atoms with E-state index in [9.17, 15) is 5.11 Å². The van der Waals surface area contributed by atoms with E-state index >= 15 is 0 Å². The van der Waals surface area contributed by atoms with E-state index < -0.39 is 0 Å². The highest BCUT2D eigenvalue weighted by Crippen LogP contribution is 2.34. The van der Waals surface area contributed by atoms with Gasteiger partial charge in [0, 0.05) is 27.9 Å². The number of nitrogens with two attached hydrogens (primary N) is 1. The fraction of sp³-hybridized carbons (Fsp3) is 0. The topological polar surface area (TPSA) is 97.0 Å². The number of fused-ring (bicyclic) bond motifs is 1. The van der Waals surface area contributed by atoms with Gasteiger partial charge in [-0.15, -0.1) is 0 Å². The van der Waals surface area contributed by atoms with E-state index in [4.69, 9.17) is 17.3 Å². The van der Waals surface area contributed by atoms with Crippen molar-refractivity contribution < 1.29 is 5.11 Å². The van der Waals surface area contributed by atoms with Crippen LogP contribution in [0, 0.1) is 0 Å². The van der Waals surface area contributed by atoms with E-state index in [-0.39, 0.29) is 5.75 Å². The Morgan fingerprint density at radius 1 is 0.962 bits per heavy atom. The summed E-state index contributed by atoms with van der Waals surface area (Å²) in [5, 5.41) is 16.1. The number of pyridine rings is 1. The Bertz CT molecular complexity index is 1100. The number of anilines is 3. The van der Waals surface area contributed by atoms with Crippen molar-refractivity contribution in [2.45, 2.75) is 0 Å². The maximum atomic E-state index is 10.6. The van der Waals surface area contributed by atoms with E-state index in [1.54, 1.807) is 30.5 Å². The molecule has 7 heteroatoms. The van der Waals surface area contributed by atoms with Crippen LogP contribution < -0.4 is 11.1 Å². The van der Waals surface area contributed by atoms with Crippen LogP contribution in [0.15, 0.2) is 61.1 Å². The van der Waals surface area contributed by atoms with Gasteiger partial charge in [-0.1, -0.05) is 23.7 Å². The molecule has 0 radical (unpaired) electrons. The van der Waals surface area contributed by atoms with Crippen LogP contribution in [-0.2, 0) is 0 Å². The molecule has 0 fully saturated rings. The summed E-state index contributed by atoms with van der Waals surface area (Å²) in [6.45, 7) is 0. The van der Waals surface area contributed by atoms with E-state index in [2.05, 4.69) is 20.3 Å². The molecule has 4 aromatic rings. The fourth-order valence-electron chi connectivity index (χ4n) is 2.71. The number of nitrogens with zero attached hydrogens (tertiary/aromatic N) is 3.